The average molecular weight is 302 g/mol. The van der Waals surface area contributed by atoms with Gasteiger partial charge in [-0.1, -0.05) is 12.1 Å². The molecular weight excluding hydrogens is 284 g/mol. The van der Waals surface area contributed by atoms with Gasteiger partial charge in [-0.25, -0.2) is 0 Å². The van der Waals surface area contributed by atoms with Gasteiger partial charge in [0, 0.05) is 6.08 Å². The van der Waals surface area contributed by atoms with Crippen molar-refractivity contribution in [2.75, 3.05) is 0 Å². The van der Waals surface area contributed by atoms with Crippen LogP contribution in [0, 0.1) is 0 Å². The fourth-order valence-electron chi connectivity index (χ4n) is 1.46. The zero-order chi connectivity index (χ0) is 16.5. The molecule has 3 N–H and O–H groups in total. The number of aldehydes is 1. The SMILES string of the molecule is C\C=C(O)/C=C(O)\C(C=O)=C\O/C=C(\C)c1ccc(O)cc1. The molecule has 5 heteroatoms. The quantitative estimate of drug-likeness (QED) is 0.322. The van der Waals surface area contributed by atoms with Crippen molar-refractivity contribution in [2.45, 2.75) is 13.8 Å². The minimum absolute atomic E-state index is 0.108. The van der Waals surface area contributed by atoms with Gasteiger partial charge in [-0.15, -0.1) is 0 Å². The maximum atomic E-state index is 10.9. The molecule has 0 saturated heterocycles. The van der Waals surface area contributed by atoms with Crippen molar-refractivity contribution in [2.24, 2.45) is 0 Å². The van der Waals surface area contributed by atoms with Gasteiger partial charge in [0.1, 0.15) is 23.5 Å². The van der Waals surface area contributed by atoms with E-state index in [9.17, 15) is 20.1 Å². The van der Waals surface area contributed by atoms with E-state index in [4.69, 9.17) is 4.74 Å². The summed E-state index contributed by atoms with van der Waals surface area (Å²) in [7, 11) is 0. The van der Waals surface area contributed by atoms with Crippen molar-refractivity contribution < 1.29 is 24.9 Å². The van der Waals surface area contributed by atoms with Crippen molar-refractivity contribution in [3.63, 3.8) is 0 Å². The van der Waals surface area contributed by atoms with Crippen molar-refractivity contribution >= 4 is 11.9 Å². The minimum atomic E-state index is -0.402. The highest BCUT2D eigenvalue weighted by molar-refractivity contribution is 5.78. The monoisotopic (exact) mass is 302 g/mol. The van der Waals surface area contributed by atoms with E-state index >= 15 is 0 Å². The van der Waals surface area contributed by atoms with E-state index in [0.717, 1.165) is 23.5 Å². The van der Waals surface area contributed by atoms with Crippen LogP contribution in [0.15, 0.2) is 66.0 Å². The third-order valence-electron chi connectivity index (χ3n) is 2.77. The molecule has 5 nitrogen and oxygen atoms in total. The third kappa shape index (κ3) is 5.20. The second kappa shape index (κ2) is 8.36. The first-order valence-electron chi connectivity index (χ1n) is 6.51. The summed E-state index contributed by atoms with van der Waals surface area (Å²) < 4.78 is 5.15. The zero-order valence-corrected chi connectivity index (χ0v) is 12.4. The number of allylic oxidation sites excluding steroid dienone is 4. The minimum Gasteiger partial charge on any atom is -0.508 e. The average Bonchev–Trinajstić information content (AvgIpc) is 2.51. The summed E-state index contributed by atoms with van der Waals surface area (Å²) in [4.78, 5) is 10.9. The lowest BCUT2D eigenvalue weighted by molar-refractivity contribution is -0.105. The highest BCUT2D eigenvalue weighted by Crippen LogP contribution is 2.17. The molecule has 0 aliphatic heterocycles. The van der Waals surface area contributed by atoms with Gasteiger partial charge in [0.25, 0.3) is 0 Å². The normalized spacial score (nSPS) is 13.9. The van der Waals surface area contributed by atoms with E-state index in [1.165, 1.54) is 12.3 Å². The van der Waals surface area contributed by atoms with E-state index in [-0.39, 0.29) is 17.1 Å². The number of aliphatic hydroxyl groups excluding tert-OH is 2. The lowest BCUT2D eigenvalue weighted by atomic mass is 10.1. The Labute approximate surface area is 128 Å². The van der Waals surface area contributed by atoms with Crippen LogP contribution in [0.2, 0.25) is 0 Å². The maximum Gasteiger partial charge on any atom is 0.156 e. The summed E-state index contributed by atoms with van der Waals surface area (Å²) in [5, 5.41) is 28.1. The smallest absolute Gasteiger partial charge is 0.156 e. The van der Waals surface area contributed by atoms with Gasteiger partial charge in [-0.3, -0.25) is 4.79 Å². The molecule has 0 fully saturated rings. The summed E-state index contributed by atoms with van der Waals surface area (Å²) in [6, 6.07) is 6.54. The first-order chi connectivity index (χ1) is 10.5. The van der Waals surface area contributed by atoms with Gasteiger partial charge in [0.2, 0.25) is 0 Å². The number of hydrogen-bond donors (Lipinski definition) is 3. The second-order valence-corrected chi connectivity index (χ2v) is 4.42. The Bertz CT molecular complexity index is 634. The Balaban J connectivity index is 2.84. The molecule has 1 aromatic carbocycles. The molecule has 0 spiro atoms. The zero-order valence-electron chi connectivity index (χ0n) is 12.4. The van der Waals surface area contributed by atoms with Crippen molar-refractivity contribution in [3.8, 4) is 5.75 Å². The topological polar surface area (TPSA) is 87.0 Å². The molecule has 0 aliphatic carbocycles. The van der Waals surface area contributed by atoms with Crippen molar-refractivity contribution in [1.29, 1.82) is 0 Å². The lowest BCUT2D eigenvalue weighted by Crippen LogP contribution is -1.92. The van der Waals surface area contributed by atoms with E-state index in [0.29, 0.717) is 6.29 Å². The Kier molecular flexibility index (Phi) is 6.50. The number of ether oxygens (including phenoxy) is 1. The molecule has 22 heavy (non-hydrogen) atoms. The highest BCUT2D eigenvalue weighted by atomic mass is 16.5. The first-order valence-corrected chi connectivity index (χ1v) is 6.51. The number of hydrogen-bond acceptors (Lipinski definition) is 5. The van der Waals surface area contributed by atoms with Crippen LogP contribution in [0.4, 0.5) is 0 Å². The fourth-order valence-corrected chi connectivity index (χ4v) is 1.46. The summed E-state index contributed by atoms with van der Waals surface area (Å²) >= 11 is 0. The summed E-state index contributed by atoms with van der Waals surface area (Å²) in [5.41, 5.74) is 1.50. The number of carbonyl (C=O) groups is 1. The van der Waals surface area contributed by atoms with Crippen LogP contribution in [-0.2, 0) is 9.53 Å². The van der Waals surface area contributed by atoms with E-state index in [2.05, 4.69) is 0 Å². The number of carbonyl (C=O) groups excluding carboxylic acids is 1. The van der Waals surface area contributed by atoms with Crippen LogP contribution >= 0.6 is 0 Å². The van der Waals surface area contributed by atoms with E-state index < -0.39 is 5.76 Å². The molecule has 0 amide bonds. The van der Waals surface area contributed by atoms with Crippen molar-refractivity contribution in [3.05, 3.63) is 71.6 Å². The molecule has 0 aliphatic rings. The van der Waals surface area contributed by atoms with Crippen LogP contribution in [-0.4, -0.2) is 21.6 Å². The number of phenols is 1. The summed E-state index contributed by atoms with van der Waals surface area (Å²) in [5.74, 6) is -0.401. The molecule has 0 unspecified atom stereocenters. The van der Waals surface area contributed by atoms with Crippen LogP contribution in [0.1, 0.15) is 19.4 Å². The molecule has 0 heterocycles. The van der Waals surface area contributed by atoms with Gasteiger partial charge >= 0.3 is 0 Å². The Morgan fingerprint density at radius 3 is 2.32 bits per heavy atom. The van der Waals surface area contributed by atoms with Gasteiger partial charge in [-0.2, -0.15) is 0 Å². The predicted octanol–water partition coefficient (Wildman–Crippen LogP) is 3.76. The number of aromatic hydroxyl groups is 1. The van der Waals surface area contributed by atoms with Crippen LogP contribution < -0.4 is 0 Å². The molecule has 0 aromatic heterocycles. The fraction of sp³-hybridized carbons (Fsp3) is 0.118. The van der Waals surface area contributed by atoms with Gasteiger partial charge < -0.3 is 20.1 Å². The van der Waals surface area contributed by atoms with E-state index in [1.807, 2.05) is 0 Å². The Morgan fingerprint density at radius 2 is 1.77 bits per heavy atom. The largest absolute Gasteiger partial charge is 0.508 e. The molecule has 0 radical (unpaired) electrons. The van der Waals surface area contributed by atoms with Gasteiger partial charge in [0.15, 0.2) is 6.29 Å². The maximum absolute atomic E-state index is 10.9. The molecule has 0 atom stereocenters. The second-order valence-electron chi connectivity index (χ2n) is 4.42. The van der Waals surface area contributed by atoms with Crippen molar-refractivity contribution in [1.82, 2.24) is 0 Å². The number of phenolic OH excluding ortho intramolecular Hbond substituents is 1. The molecular formula is C17H18O5. The van der Waals surface area contributed by atoms with Gasteiger partial charge in [-0.05, 0) is 43.2 Å². The van der Waals surface area contributed by atoms with Crippen LogP contribution in [0.25, 0.3) is 5.57 Å². The van der Waals surface area contributed by atoms with Crippen LogP contribution in [0.3, 0.4) is 0 Å². The Morgan fingerprint density at radius 1 is 1.14 bits per heavy atom. The third-order valence-corrected chi connectivity index (χ3v) is 2.77. The molecule has 116 valence electrons. The van der Waals surface area contributed by atoms with Gasteiger partial charge in [0.05, 0.1) is 11.8 Å². The highest BCUT2D eigenvalue weighted by Gasteiger charge is 2.03. The molecule has 1 rings (SSSR count). The lowest BCUT2D eigenvalue weighted by Gasteiger charge is -2.03. The van der Waals surface area contributed by atoms with E-state index in [1.54, 1.807) is 38.1 Å². The summed E-state index contributed by atoms with van der Waals surface area (Å²) in [6.07, 6.45) is 5.30. The Hall–Kier alpha value is -2.95. The molecule has 1 aromatic rings. The summed E-state index contributed by atoms with van der Waals surface area (Å²) in [6.45, 7) is 3.38. The number of rotatable bonds is 6. The number of aliphatic hydroxyl groups is 2. The number of benzene rings is 1. The molecule has 0 bridgehead atoms. The van der Waals surface area contributed by atoms with Crippen LogP contribution in [0.5, 0.6) is 5.75 Å². The standard InChI is InChI=1S/C17H18O5/c1-3-15(19)8-17(21)14(9-18)11-22-10-12(2)13-4-6-16(20)7-5-13/h3-11,19-21H,1-2H3/b12-10+,14-11+,15-3+,17-8+. The molecule has 0 saturated carbocycles. The predicted molar refractivity (Wildman–Crippen MR) is 84.1 cm³/mol. The first kappa shape index (κ1) is 17.1.